The first-order valence-corrected chi connectivity index (χ1v) is 10.9. The number of carbonyl (C=O) groups excluding carboxylic acids is 2. The van der Waals surface area contributed by atoms with Gasteiger partial charge in [0.05, 0.1) is 10.6 Å². The number of carbonyl (C=O) groups is 2. The number of rotatable bonds is 4. The molecule has 2 amide bonds. The number of nitrogens with zero attached hydrogens (tertiary/aromatic N) is 1. The number of halogens is 1. The maximum Gasteiger partial charge on any atom is 0.298 e. The van der Waals surface area contributed by atoms with E-state index in [0.29, 0.717) is 15.6 Å². The quantitative estimate of drug-likeness (QED) is 0.410. The van der Waals surface area contributed by atoms with Gasteiger partial charge in [-0.25, -0.2) is 4.90 Å². The summed E-state index contributed by atoms with van der Waals surface area (Å²) in [5.41, 5.74) is 2.58. The standard InChI is InChI=1S/C23H16ClNO2S2/c1-15-5-9-19(10-6-15)28-20-11-7-16(8-12-20)13-21-22(26)25(23(27)29-21)18-4-2-3-17(24)14-18/h2-14H,1H3/b21-13+. The van der Waals surface area contributed by atoms with Gasteiger partial charge in [-0.15, -0.1) is 0 Å². The molecule has 0 spiro atoms. The van der Waals surface area contributed by atoms with Crippen LogP contribution in [0.3, 0.4) is 0 Å². The fourth-order valence-corrected chi connectivity index (χ4v) is 4.67. The molecule has 6 heteroatoms. The minimum Gasteiger partial charge on any atom is -0.268 e. The first-order chi connectivity index (χ1) is 14.0. The molecule has 1 aliphatic rings. The van der Waals surface area contributed by atoms with E-state index in [1.807, 2.05) is 24.3 Å². The number of hydrogen-bond donors (Lipinski definition) is 0. The molecular weight excluding hydrogens is 422 g/mol. The van der Waals surface area contributed by atoms with Crippen molar-refractivity contribution < 1.29 is 9.59 Å². The summed E-state index contributed by atoms with van der Waals surface area (Å²) in [6, 6.07) is 23.0. The fourth-order valence-electron chi connectivity index (χ4n) is 2.83. The first-order valence-electron chi connectivity index (χ1n) is 8.88. The van der Waals surface area contributed by atoms with Gasteiger partial charge in [0.2, 0.25) is 0 Å². The van der Waals surface area contributed by atoms with Gasteiger partial charge in [-0.3, -0.25) is 9.59 Å². The molecule has 0 atom stereocenters. The van der Waals surface area contributed by atoms with Gasteiger partial charge in [-0.2, -0.15) is 0 Å². The highest BCUT2D eigenvalue weighted by Gasteiger charge is 2.36. The highest BCUT2D eigenvalue weighted by atomic mass is 35.5. The molecule has 0 N–H and O–H groups in total. The Hall–Kier alpha value is -2.47. The van der Waals surface area contributed by atoms with Crippen LogP contribution >= 0.6 is 35.1 Å². The normalized spacial score (nSPS) is 15.4. The highest BCUT2D eigenvalue weighted by Crippen LogP contribution is 2.36. The lowest BCUT2D eigenvalue weighted by Gasteiger charge is -2.12. The lowest BCUT2D eigenvalue weighted by atomic mass is 10.2. The van der Waals surface area contributed by atoms with Gasteiger partial charge in [0.1, 0.15) is 0 Å². The maximum atomic E-state index is 12.7. The van der Waals surface area contributed by atoms with Crippen molar-refractivity contribution in [3.63, 3.8) is 0 Å². The van der Waals surface area contributed by atoms with E-state index in [1.165, 1.54) is 10.5 Å². The molecule has 0 saturated carbocycles. The predicted octanol–water partition coefficient (Wildman–Crippen LogP) is 7.04. The molecule has 4 rings (SSSR count). The first kappa shape index (κ1) is 19.8. The van der Waals surface area contributed by atoms with Crippen LogP contribution in [0, 0.1) is 6.92 Å². The van der Waals surface area contributed by atoms with Crippen LogP contribution in [-0.2, 0) is 4.79 Å². The van der Waals surface area contributed by atoms with Crippen molar-refractivity contribution in [1.82, 2.24) is 0 Å². The van der Waals surface area contributed by atoms with Crippen LogP contribution < -0.4 is 4.90 Å². The summed E-state index contributed by atoms with van der Waals surface area (Å²) in [5.74, 6) is -0.333. The van der Waals surface area contributed by atoms with Crippen molar-refractivity contribution in [1.29, 1.82) is 0 Å². The van der Waals surface area contributed by atoms with Gasteiger partial charge in [-0.05, 0) is 72.8 Å². The van der Waals surface area contributed by atoms with E-state index in [0.717, 1.165) is 27.1 Å². The van der Waals surface area contributed by atoms with Crippen molar-refractivity contribution >= 4 is 58.0 Å². The fraction of sp³-hybridized carbons (Fsp3) is 0.0435. The molecular formula is C23H16ClNO2S2. The Bertz CT molecular complexity index is 1110. The summed E-state index contributed by atoms with van der Waals surface area (Å²) >= 11 is 8.61. The topological polar surface area (TPSA) is 37.4 Å². The van der Waals surface area contributed by atoms with E-state index in [4.69, 9.17) is 11.6 Å². The molecule has 0 aliphatic carbocycles. The van der Waals surface area contributed by atoms with Gasteiger partial charge in [0, 0.05) is 14.8 Å². The molecule has 1 heterocycles. The van der Waals surface area contributed by atoms with Crippen LogP contribution in [0.4, 0.5) is 10.5 Å². The molecule has 3 nitrogen and oxygen atoms in total. The van der Waals surface area contributed by atoms with E-state index in [9.17, 15) is 9.59 Å². The lowest BCUT2D eigenvalue weighted by Crippen LogP contribution is -2.27. The second-order valence-corrected chi connectivity index (χ2v) is 9.06. The highest BCUT2D eigenvalue weighted by molar-refractivity contribution is 8.19. The number of benzene rings is 3. The molecule has 1 aliphatic heterocycles. The number of hydrogen-bond acceptors (Lipinski definition) is 4. The lowest BCUT2D eigenvalue weighted by molar-refractivity contribution is -0.113. The zero-order chi connectivity index (χ0) is 20.4. The van der Waals surface area contributed by atoms with E-state index < -0.39 is 0 Å². The third-order valence-electron chi connectivity index (χ3n) is 4.29. The van der Waals surface area contributed by atoms with Crippen molar-refractivity contribution in [3.05, 3.63) is 93.9 Å². The average molecular weight is 438 g/mol. The Morgan fingerprint density at radius 2 is 1.59 bits per heavy atom. The second-order valence-electron chi connectivity index (χ2n) is 6.48. The Kier molecular flexibility index (Phi) is 5.81. The molecule has 0 unspecified atom stereocenters. The summed E-state index contributed by atoms with van der Waals surface area (Å²) in [6.45, 7) is 2.07. The van der Waals surface area contributed by atoms with Gasteiger partial charge in [0.15, 0.2) is 0 Å². The van der Waals surface area contributed by atoms with Gasteiger partial charge in [-0.1, -0.05) is 59.3 Å². The number of imide groups is 1. The summed E-state index contributed by atoms with van der Waals surface area (Å²) < 4.78 is 0. The Labute approximate surface area is 182 Å². The monoisotopic (exact) mass is 437 g/mol. The molecule has 3 aromatic carbocycles. The molecule has 3 aromatic rings. The van der Waals surface area contributed by atoms with Crippen LogP contribution in [0.15, 0.2) is 87.5 Å². The zero-order valence-corrected chi connectivity index (χ0v) is 17.9. The Morgan fingerprint density at radius 3 is 2.24 bits per heavy atom. The van der Waals surface area contributed by atoms with Gasteiger partial charge >= 0.3 is 0 Å². The number of amides is 2. The molecule has 1 saturated heterocycles. The Balaban J connectivity index is 1.51. The van der Waals surface area contributed by atoms with Crippen molar-refractivity contribution in [2.75, 3.05) is 4.90 Å². The van der Waals surface area contributed by atoms with Crippen LogP contribution in [0.2, 0.25) is 5.02 Å². The van der Waals surface area contributed by atoms with E-state index in [-0.39, 0.29) is 11.1 Å². The SMILES string of the molecule is Cc1ccc(Sc2ccc(/C=C3/SC(=O)N(c4cccc(Cl)c4)C3=O)cc2)cc1. The van der Waals surface area contributed by atoms with Crippen LogP contribution in [0.5, 0.6) is 0 Å². The van der Waals surface area contributed by atoms with Crippen molar-refractivity contribution in [3.8, 4) is 0 Å². The summed E-state index contributed by atoms with van der Waals surface area (Å²) in [4.78, 5) is 28.9. The molecule has 1 fully saturated rings. The van der Waals surface area contributed by atoms with E-state index in [1.54, 1.807) is 42.1 Å². The van der Waals surface area contributed by atoms with Crippen LogP contribution in [0.1, 0.15) is 11.1 Å². The van der Waals surface area contributed by atoms with E-state index in [2.05, 4.69) is 31.2 Å². The second kappa shape index (κ2) is 8.49. The maximum absolute atomic E-state index is 12.7. The zero-order valence-electron chi connectivity index (χ0n) is 15.5. The van der Waals surface area contributed by atoms with E-state index >= 15 is 0 Å². The molecule has 0 radical (unpaired) electrons. The molecule has 0 bridgehead atoms. The molecule has 0 aromatic heterocycles. The predicted molar refractivity (Wildman–Crippen MR) is 122 cm³/mol. The Morgan fingerprint density at radius 1 is 0.931 bits per heavy atom. The third-order valence-corrected chi connectivity index (χ3v) is 6.42. The van der Waals surface area contributed by atoms with Crippen LogP contribution in [-0.4, -0.2) is 11.1 Å². The van der Waals surface area contributed by atoms with Crippen molar-refractivity contribution in [2.45, 2.75) is 16.7 Å². The summed E-state index contributed by atoms with van der Waals surface area (Å²) in [5, 5.41) is 0.155. The van der Waals surface area contributed by atoms with Gasteiger partial charge < -0.3 is 0 Å². The van der Waals surface area contributed by atoms with Crippen molar-refractivity contribution in [2.24, 2.45) is 0 Å². The number of thioether (sulfide) groups is 1. The summed E-state index contributed by atoms with van der Waals surface area (Å²) in [6.07, 6.45) is 1.75. The number of aryl methyl sites for hydroxylation is 1. The van der Waals surface area contributed by atoms with Gasteiger partial charge in [0.25, 0.3) is 11.1 Å². The van der Waals surface area contributed by atoms with Crippen LogP contribution in [0.25, 0.3) is 6.08 Å². The summed E-state index contributed by atoms with van der Waals surface area (Å²) in [7, 11) is 0. The third kappa shape index (κ3) is 4.58. The molecule has 144 valence electrons. The largest absolute Gasteiger partial charge is 0.298 e. The minimum atomic E-state index is -0.333. The number of anilines is 1. The molecule has 29 heavy (non-hydrogen) atoms. The smallest absolute Gasteiger partial charge is 0.268 e. The average Bonchev–Trinajstić information content (AvgIpc) is 2.98. The minimum absolute atomic E-state index is 0.324.